The van der Waals surface area contributed by atoms with E-state index in [1.165, 1.54) is 5.39 Å². The number of fused-ring (bicyclic) bond motifs is 1. The van der Waals surface area contributed by atoms with Gasteiger partial charge in [-0.3, -0.25) is 15.0 Å². The number of aryl methyl sites for hydroxylation is 1. The molecule has 0 spiro atoms. The van der Waals surface area contributed by atoms with Crippen molar-refractivity contribution in [2.45, 2.75) is 25.7 Å². The Morgan fingerprint density at radius 2 is 1.93 bits per heavy atom. The van der Waals surface area contributed by atoms with Gasteiger partial charge in [0.25, 0.3) is 5.91 Å². The molecular weight excluding hydrogens is 364 g/mol. The molecule has 2 aromatic carbocycles. The molecule has 3 heterocycles. The molecule has 1 amide bonds. The summed E-state index contributed by atoms with van der Waals surface area (Å²) in [5.74, 6) is 1.74. The Kier molecular flexibility index (Phi) is 4.35. The molecule has 29 heavy (non-hydrogen) atoms. The van der Waals surface area contributed by atoms with Gasteiger partial charge in [-0.15, -0.1) is 0 Å². The molecule has 2 N–H and O–H groups in total. The normalized spacial score (nSPS) is 17.0. The van der Waals surface area contributed by atoms with Crippen molar-refractivity contribution >= 4 is 16.7 Å². The molecule has 1 unspecified atom stereocenters. The number of nitrogens with one attached hydrogen (secondary N) is 2. The summed E-state index contributed by atoms with van der Waals surface area (Å²) in [5.41, 5.74) is 2.28. The monoisotopic (exact) mass is 386 g/mol. The lowest BCUT2D eigenvalue weighted by Gasteiger charge is -2.31. The number of H-pyrrole nitrogens is 2. The average Bonchev–Trinajstić information content (AvgIpc) is 3.42. The van der Waals surface area contributed by atoms with Gasteiger partial charge in [-0.25, -0.2) is 4.98 Å². The zero-order valence-corrected chi connectivity index (χ0v) is 16.2. The Hall–Kier alpha value is -3.48. The summed E-state index contributed by atoms with van der Waals surface area (Å²) in [6, 6.07) is 16.3. The number of aromatic amines is 2. The van der Waals surface area contributed by atoms with Gasteiger partial charge in [-0.1, -0.05) is 36.4 Å². The van der Waals surface area contributed by atoms with Crippen molar-refractivity contribution in [2.24, 2.45) is 0 Å². The van der Waals surface area contributed by atoms with Gasteiger partial charge < -0.3 is 4.90 Å². The third-order valence-corrected chi connectivity index (χ3v) is 5.54. The molecule has 0 saturated carbocycles. The zero-order valence-electron chi connectivity index (χ0n) is 16.2. The van der Waals surface area contributed by atoms with Crippen molar-refractivity contribution < 1.29 is 4.79 Å². The first-order chi connectivity index (χ1) is 14.2. The third kappa shape index (κ3) is 3.40. The summed E-state index contributed by atoms with van der Waals surface area (Å²) < 4.78 is 0. The van der Waals surface area contributed by atoms with Gasteiger partial charge >= 0.3 is 0 Å². The fourth-order valence-corrected chi connectivity index (χ4v) is 4.01. The van der Waals surface area contributed by atoms with E-state index in [4.69, 9.17) is 0 Å². The summed E-state index contributed by atoms with van der Waals surface area (Å²) in [4.78, 5) is 19.4. The standard InChI is InChI=1S/C22H22N6O/c1-14-23-21(27-24-14)18-7-4-10-28(13-18)22(29)20-12-19(25-26-20)17-9-8-15-5-2-3-6-16(15)11-17/h2-3,5-6,8-9,11-12,18H,4,7,10,13H2,1H3,(H,25,26)(H,23,24,27). The van der Waals surface area contributed by atoms with Crippen LogP contribution in [-0.4, -0.2) is 49.3 Å². The number of carbonyl (C=O) groups excluding carboxylic acids is 1. The molecule has 1 aliphatic rings. The van der Waals surface area contributed by atoms with Crippen LogP contribution < -0.4 is 0 Å². The van der Waals surface area contributed by atoms with Gasteiger partial charge in [0.05, 0.1) is 5.69 Å². The molecule has 5 rings (SSSR count). The fourth-order valence-electron chi connectivity index (χ4n) is 4.01. The topological polar surface area (TPSA) is 90.6 Å². The second kappa shape index (κ2) is 7.16. The molecule has 7 heteroatoms. The quantitative estimate of drug-likeness (QED) is 0.562. The van der Waals surface area contributed by atoms with Crippen molar-refractivity contribution in [3.63, 3.8) is 0 Å². The maximum Gasteiger partial charge on any atom is 0.271 e. The maximum absolute atomic E-state index is 13.0. The Morgan fingerprint density at radius 1 is 1.07 bits per heavy atom. The van der Waals surface area contributed by atoms with E-state index >= 15 is 0 Å². The second-order valence-electron chi connectivity index (χ2n) is 7.60. The number of rotatable bonds is 3. The molecule has 2 aromatic heterocycles. The van der Waals surface area contributed by atoms with E-state index in [2.05, 4.69) is 49.6 Å². The van der Waals surface area contributed by atoms with E-state index in [9.17, 15) is 4.79 Å². The first-order valence-corrected chi connectivity index (χ1v) is 9.90. The molecule has 146 valence electrons. The minimum atomic E-state index is -0.0264. The molecule has 1 saturated heterocycles. The van der Waals surface area contributed by atoms with Crippen LogP contribution in [0.4, 0.5) is 0 Å². The van der Waals surface area contributed by atoms with Crippen LogP contribution in [0.3, 0.4) is 0 Å². The number of piperidine rings is 1. The first-order valence-electron chi connectivity index (χ1n) is 9.90. The minimum absolute atomic E-state index is 0.0264. The van der Waals surface area contributed by atoms with Gasteiger partial charge in [0.1, 0.15) is 11.5 Å². The van der Waals surface area contributed by atoms with Gasteiger partial charge in [-0.05, 0) is 42.7 Å². The van der Waals surface area contributed by atoms with Crippen molar-refractivity contribution in [3.8, 4) is 11.3 Å². The predicted molar refractivity (Wildman–Crippen MR) is 111 cm³/mol. The van der Waals surface area contributed by atoms with E-state index in [-0.39, 0.29) is 11.8 Å². The summed E-state index contributed by atoms with van der Waals surface area (Å²) in [7, 11) is 0. The number of hydrogen-bond donors (Lipinski definition) is 2. The number of amides is 1. The smallest absolute Gasteiger partial charge is 0.271 e. The summed E-state index contributed by atoms with van der Waals surface area (Å²) in [6.07, 6.45) is 1.93. The third-order valence-electron chi connectivity index (χ3n) is 5.54. The molecule has 1 atom stereocenters. The van der Waals surface area contributed by atoms with Crippen LogP contribution in [0.15, 0.2) is 48.5 Å². The lowest BCUT2D eigenvalue weighted by molar-refractivity contribution is 0.0698. The molecule has 1 fully saturated rings. The Labute approximate surface area is 168 Å². The molecule has 4 aromatic rings. The summed E-state index contributed by atoms with van der Waals surface area (Å²) in [6.45, 7) is 3.25. The number of aromatic nitrogens is 5. The van der Waals surface area contributed by atoms with Crippen molar-refractivity contribution in [3.05, 3.63) is 65.9 Å². The van der Waals surface area contributed by atoms with Gasteiger partial charge in [0.2, 0.25) is 0 Å². The highest BCUT2D eigenvalue weighted by Gasteiger charge is 2.28. The molecular formula is C22H22N6O. The van der Waals surface area contributed by atoms with E-state index in [1.54, 1.807) is 0 Å². The first kappa shape index (κ1) is 17.6. The number of hydrogen-bond acceptors (Lipinski definition) is 4. The van der Waals surface area contributed by atoms with Gasteiger partial charge in [-0.2, -0.15) is 10.2 Å². The SMILES string of the molecule is Cc1nc(C2CCCN(C(=O)c3cc(-c4ccc5ccccc5c4)n[nH]3)C2)n[nH]1. The van der Waals surface area contributed by atoms with Crippen LogP contribution in [0.25, 0.3) is 22.0 Å². The number of benzene rings is 2. The molecule has 0 radical (unpaired) electrons. The highest BCUT2D eigenvalue weighted by Crippen LogP contribution is 2.27. The van der Waals surface area contributed by atoms with E-state index < -0.39 is 0 Å². The highest BCUT2D eigenvalue weighted by atomic mass is 16.2. The van der Waals surface area contributed by atoms with Gasteiger partial charge in [0, 0.05) is 24.6 Å². The van der Waals surface area contributed by atoms with Crippen LogP contribution in [0.1, 0.15) is 40.9 Å². The summed E-state index contributed by atoms with van der Waals surface area (Å²) in [5, 5.41) is 16.8. The second-order valence-corrected chi connectivity index (χ2v) is 7.60. The lowest BCUT2D eigenvalue weighted by Crippen LogP contribution is -2.39. The lowest BCUT2D eigenvalue weighted by atomic mass is 9.97. The van der Waals surface area contributed by atoms with Gasteiger partial charge in [0.15, 0.2) is 5.82 Å². The Balaban J connectivity index is 1.35. The van der Waals surface area contributed by atoms with Crippen LogP contribution in [-0.2, 0) is 0 Å². The largest absolute Gasteiger partial charge is 0.337 e. The van der Waals surface area contributed by atoms with E-state index in [0.29, 0.717) is 12.2 Å². The van der Waals surface area contributed by atoms with Crippen LogP contribution in [0.5, 0.6) is 0 Å². The number of carbonyl (C=O) groups is 1. The highest BCUT2D eigenvalue weighted by molar-refractivity contribution is 5.94. The zero-order chi connectivity index (χ0) is 19.8. The molecule has 1 aliphatic heterocycles. The molecule has 0 bridgehead atoms. The predicted octanol–water partition coefficient (Wildman–Crippen LogP) is 3.68. The Morgan fingerprint density at radius 3 is 2.76 bits per heavy atom. The maximum atomic E-state index is 13.0. The van der Waals surface area contributed by atoms with Crippen molar-refractivity contribution in [1.29, 1.82) is 0 Å². The van der Waals surface area contributed by atoms with Crippen LogP contribution in [0.2, 0.25) is 0 Å². The Bertz CT molecular complexity index is 1180. The number of likely N-dealkylation sites (tertiary alicyclic amines) is 1. The van der Waals surface area contributed by atoms with Crippen molar-refractivity contribution in [1.82, 2.24) is 30.3 Å². The van der Waals surface area contributed by atoms with Crippen LogP contribution in [0, 0.1) is 6.92 Å². The van der Waals surface area contributed by atoms with Crippen molar-refractivity contribution in [2.75, 3.05) is 13.1 Å². The molecule has 7 nitrogen and oxygen atoms in total. The van der Waals surface area contributed by atoms with E-state index in [1.807, 2.05) is 36.1 Å². The average molecular weight is 386 g/mol. The molecule has 0 aliphatic carbocycles. The minimum Gasteiger partial charge on any atom is -0.337 e. The van der Waals surface area contributed by atoms with Crippen LogP contribution >= 0.6 is 0 Å². The number of nitrogens with zero attached hydrogens (tertiary/aromatic N) is 4. The van der Waals surface area contributed by atoms with E-state index in [0.717, 1.165) is 47.7 Å². The summed E-state index contributed by atoms with van der Waals surface area (Å²) >= 11 is 0. The fraction of sp³-hybridized carbons (Fsp3) is 0.273.